The molecule has 0 aromatic carbocycles. The lowest BCUT2D eigenvalue weighted by Gasteiger charge is -2.23. The zero-order chi connectivity index (χ0) is 11.7. The van der Waals surface area contributed by atoms with Crippen molar-refractivity contribution in [2.75, 3.05) is 20.6 Å². The Labute approximate surface area is 97.8 Å². The van der Waals surface area contributed by atoms with Gasteiger partial charge in [-0.25, -0.2) is 0 Å². The largest absolute Gasteiger partial charge is 0.354 e. The fourth-order valence-electron chi connectivity index (χ4n) is 2.68. The van der Waals surface area contributed by atoms with Gasteiger partial charge in [0.1, 0.15) is 0 Å². The van der Waals surface area contributed by atoms with Crippen molar-refractivity contribution in [1.82, 2.24) is 15.5 Å². The van der Waals surface area contributed by atoms with Crippen molar-refractivity contribution in [1.29, 1.82) is 0 Å². The van der Waals surface area contributed by atoms with Crippen LogP contribution in [0.1, 0.15) is 26.2 Å². The summed E-state index contributed by atoms with van der Waals surface area (Å²) in [5, 5.41) is 6.57. The highest BCUT2D eigenvalue weighted by molar-refractivity contribution is 5.80. The highest BCUT2D eigenvalue weighted by atomic mass is 16.2. The molecule has 0 aromatic rings. The van der Waals surface area contributed by atoms with Crippen molar-refractivity contribution >= 4 is 5.91 Å². The van der Waals surface area contributed by atoms with Gasteiger partial charge in [0.05, 0.1) is 5.92 Å². The molecule has 1 amide bonds. The van der Waals surface area contributed by atoms with Crippen LogP contribution in [0, 0.1) is 5.92 Å². The monoisotopic (exact) mass is 225 g/mol. The molecule has 2 saturated heterocycles. The highest BCUT2D eigenvalue weighted by Crippen LogP contribution is 2.33. The van der Waals surface area contributed by atoms with Crippen LogP contribution in [0.4, 0.5) is 0 Å². The molecular weight excluding hydrogens is 202 g/mol. The number of fused-ring (bicyclic) bond motifs is 2. The van der Waals surface area contributed by atoms with E-state index in [9.17, 15) is 4.79 Å². The van der Waals surface area contributed by atoms with E-state index in [1.54, 1.807) is 0 Å². The SMILES string of the molecule is CC(CNC(=O)C1CC2CCC1N2)N(C)C. The van der Waals surface area contributed by atoms with E-state index in [0.717, 1.165) is 13.0 Å². The first-order valence-corrected chi connectivity index (χ1v) is 6.28. The van der Waals surface area contributed by atoms with Crippen molar-refractivity contribution in [2.45, 2.75) is 44.3 Å². The van der Waals surface area contributed by atoms with Gasteiger partial charge in [0, 0.05) is 24.7 Å². The van der Waals surface area contributed by atoms with Crippen LogP contribution < -0.4 is 10.6 Å². The predicted octanol–water partition coefficient (Wildman–Crippen LogP) is 0.193. The summed E-state index contributed by atoms with van der Waals surface area (Å²) in [6, 6.07) is 1.45. The van der Waals surface area contributed by atoms with Crippen LogP contribution in [0.3, 0.4) is 0 Å². The molecule has 2 rings (SSSR count). The number of rotatable bonds is 4. The second-order valence-corrected chi connectivity index (χ2v) is 5.45. The third-order valence-electron chi connectivity index (χ3n) is 4.09. The van der Waals surface area contributed by atoms with Gasteiger partial charge in [0.2, 0.25) is 5.91 Å². The minimum absolute atomic E-state index is 0.216. The number of carbonyl (C=O) groups excluding carboxylic acids is 1. The van der Waals surface area contributed by atoms with Crippen molar-refractivity contribution in [3.05, 3.63) is 0 Å². The second kappa shape index (κ2) is 4.72. The molecule has 4 heteroatoms. The van der Waals surface area contributed by atoms with E-state index in [0.29, 0.717) is 18.1 Å². The topological polar surface area (TPSA) is 44.4 Å². The summed E-state index contributed by atoms with van der Waals surface area (Å²) in [5.74, 6) is 0.460. The maximum atomic E-state index is 12.0. The molecule has 4 atom stereocenters. The molecule has 0 radical (unpaired) electrons. The highest BCUT2D eigenvalue weighted by Gasteiger charge is 2.42. The number of nitrogens with zero attached hydrogens (tertiary/aromatic N) is 1. The smallest absolute Gasteiger partial charge is 0.224 e. The van der Waals surface area contributed by atoms with Crippen molar-refractivity contribution < 1.29 is 4.79 Å². The average molecular weight is 225 g/mol. The lowest BCUT2D eigenvalue weighted by atomic mass is 9.88. The quantitative estimate of drug-likeness (QED) is 0.718. The van der Waals surface area contributed by atoms with Crippen LogP contribution in [0.2, 0.25) is 0 Å². The lowest BCUT2D eigenvalue weighted by Crippen LogP contribution is -2.43. The summed E-state index contributed by atoms with van der Waals surface area (Å²) in [4.78, 5) is 14.1. The van der Waals surface area contributed by atoms with Gasteiger partial charge in [-0.2, -0.15) is 0 Å². The van der Waals surface area contributed by atoms with E-state index >= 15 is 0 Å². The van der Waals surface area contributed by atoms with Crippen molar-refractivity contribution in [3.8, 4) is 0 Å². The molecule has 4 nitrogen and oxygen atoms in total. The summed E-state index contributed by atoms with van der Waals surface area (Å²) in [7, 11) is 4.08. The molecule has 4 unspecified atom stereocenters. The third-order valence-corrected chi connectivity index (χ3v) is 4.09. The van der Waals surface area contributed by atoms with E-state index in [-0.39, 0.29) is 11.8 Å². The summed E-state index contributed by atoms with van der Waals surface area (Å²) >= 11 is 0. The molecule has 0 aromatic heterocycles. The zero-order valence-electron chi connectivity index (χ0n) is 10.5. The maximum absolute atomic E-state index is 12.0. The molecule has 92 valence electrons. The van der Waals surface area contributed by atoms with Crippen LogP contribution in [0.15, 0.2) is 0 Å². The van der Waals surface area contributed by atoms with Crippen LogP contribution in [0.25, 0.3) is 0 Å². The van der Waals surface area contributed by atoms with Gasteiger partial charge in [-0.1, -0.05) is 0 Å². The number of amides is 1. The maximum Gasteiger partial charge on any atom is 0.224 e. The van der Waals surface area contributed by atoms with E-state index in [1.807, 2.05) is 14.1 Å². The fourth-order valence-corrected chi connectivity index (χ4v) is 2.68. The van der Waals surface area contributed by atoms with E-state index in [1.165, 1.54) is 12.8 Å². The van der Waals surface area contributed by atoms with Crippen molar-refractivity contribution in [3.63, 3.8) is 0 Å². The first kappa shape index (κ1) is 11.9. The molecular formula is C12H23N3O. The third kappa shape index (κ3) is 2.38. The standard InChI is InChI=1S/C12H23N3O/c1-8(15(2)3)7-13-12(16)10-6-9-4-5-11(10)14-9/h8-11,14H,4-7H2,1-3H3,(H,13,16). The first-order chi connectivity index (χ1) is 7.58. The average Bonchev–Trinajstić information content (AvgIpc) is 2.86. The van der Waals surface area contributed by atoms with Gasteiger partial charge < -0.3 is 15.5 Å². The molecule has 0 spiro atoms. The Morgan fingerprint density at radius 3 is 2.75 bits per heavy atom. The van der Waals surface area contributed by atoms with Gasteiger partial charge in [0.25, 0.3) is 0 Å². The fraction of sp³-hybridized carbons (Fsp3) is 0.917. The Balaban J connectivity index is 1.76. The van der Waals surface area contributed by atoms with Gasteiger partial charge in [-0.05, 0) is 40.3 Å². The molecule has 0 aliphatic carbocycles. The van der Waals surface area contributed by atoms with E-state index in [4.69, 9.17) is 0 Å². The second-order valence-electron chi connectivity index (χ2n) is 5.45. The van der Waals surface area contributed by atoms with Crippen LogP contribution in [-0.4, -0.2) is 49.6 Å². The molecule has 2 heterocycles. The Morgan fingerprint density at radius 1 is 1.50 bits per heavy atom. The number of nitrogens with one attached hydrogen (secondary N) is 2. The van der Waals surface area contributed by atoms with E-state index < -0.39 is 0 Å². The summed E-state index contributed by atoms with van der Waals surface area (Å²) in [6.07, 6.45) is 3.46. The number of carbonyl (C=O) groups is 1. The molecule has 0 saturated carbocycles. The molecule has 2 N–H and O–H groups in total. The van der Waals surface area contributed by atoms with Gasteiger partial charge in [-0.3, -0.25) is 4.79 Å². The van der Waals surface area contributed by atoms with Crippen LogP contribution >= 0.6 is 0 Å². The summed E-state index contributed by atoms with van der Waals surface area (Å²) < 4.78 is 0. The summed E-state index contributed by atoms with van der Waals surface area (Å²) in [6.45, 7) is 2.87. The molecule has 2 fully saturated rings. The minimum Gasteiger partial charge on any atom is -0.354 e. The Hall–Kier alpha value is -0.610. The predicted molar refractivity (Wildman–Crippen MR) is 64.2 cm³/mol. The Morgan fingerprint density at radius 2 is 2.25 bits per heavy atom. The molecule has 16 heavy (non-hydrogen) atoms. The molecule has 2 aliphatic rings. The Bertz CT molecular complexity index is 267. The van der Waals surface area contributed by atoms with Gasteiger partial charge in [-0.15, -0.1) is 0 Å². The minimum atomic E-state index is 0.216. The lowest BCUT2D eigenvalue weighted by molar-refractivity contribution is -0.125. The van der Waals surface area contributed by atoms with E-state index in [2.05, 4.69) is 22.5 Å². The van der Waals surface area contributed by atoms with Crippen LogP contribution in [0.5, 0.6) is 0 Å². The molecule has 2 aliphatic heterocycles. The summed E-state index contributed by atoms with van der Waals surface area (Å²) in [5.41, 5.74) is 0. The normalized spacial score (nSPS) is 34.4. The number of hydrogen-bond acceptors (Lipinski definition) is 3. The number of hydrogen-bond donors (Lipinski definition) is 2. The van der Waals surface area contributed by atoms with Gasteiger partial charge >= 0.3 is 0 Å². The first-order valence-electron chi connectivity index (χ1n) is 6.28. The molecule has 2 bridgehead atoms. The number of likely N-dealkylation sites (N-methyl/N-ethyl adjacent to an activating group) is 1. The van der Waals surface area contributed by atoms with Crippen molar-refractivity contribution in [2.24, 2.45) is 5.92 Å². The van der Waals surface area contributed by atoms with Crippen LogP contribution in [-0.2, 0) is 4.79 Å². The Kier molecular flexibility index (Phi) is 3.50. The van der Waals surface area contributed by atoms with Gasteiger partial charge in [0.15, 0.2) is 0 Å². The zero-order valence-corrected chi connectivity index (χ0v) is 10.5.